The molecule has 0 fully saturated rings. The van der Waals surface area contributed by atoms with Crippen molar-refractivity contribution < 1.29 is 9.90 Å². The van der Waals surface area contributed by atoms with Gasteiger partial charge >= 0.3 is 5.97 Å². The van der Waals surface area contributed by atoms with Crippen LogP contribution in [0.5, 0.6) is 0 Å². The predicted octanol–water partition coefficient (Wildman–Crippen LogP) is 4.02. The number of carboxylic acid groups (broad SMARTS) is 1. The maximum atomic E-state index is 10.8. The molecule has 0 aliphatic rings. The smallest absolute Gasteiger partial charge is 0.335 e. The van der Waals surface area contributed by atoms with E-state index in [0.717, 1.165) is 26.4 Å². The van der Waals surface area contributed by atoms with Gasteiger partial charge in [0, 0.05) is 20.8 Å². The number of nitrogen functional groups attached to an aromatic ring is 1. The molecule has 0 spiro atoms. The highest BCUT2D eigenvalue weighted by Gasteiger charge is 2.07. The standard InChI is InChI=1S/C14H12BrNO2S/c15-11-7-9(14(17)18)5-6-10(11)8-19-13-4-2-1-3-12(13)16/h1-7H,8,16H2,(H,17,18). The van der Waals surface area contributed by atoms with Crippen LogP contribution in [0.15, 0.2) is 51.8 Å². The number of thioether (sulfide) groups is 1. The summed E-state index contributed by atoms with van der Waals surface area (Å²) in [6, 6.07) is 12.7. The zero-order chi connectivity index (χ0) is 13.8. The fourth-order valence-corrected chi connectivity index (χ4v) is 3.24. The van der Waals surface area contributed by atoms with Crippen LogP contribution in [0, 0.1) is 0 Å². The Hall–Kier alpha value is -1.46. The van der Waals surface area contributed by atoms with Crippen molar-refractivity contribution in [1.29, 1.82) is 0 Å². The van der Waals surface area contributed by atoms with E-state index in [2.05, 4.69) is 15.9 Å². The maximum absolute atomic E-state index is 10.8. The summed E-state index contributed by atoms with van der Waals surface area (Å²) in [4.78, 5) is 11.9. The quantitative estimate of drug-likeness (QED) is 0.653. The molecule has 5 heteroatoms. The first-order valence-corrected chi connectivity index (χ1v) is 7.35. The van der Waals surface area contributed by atoms with E-state index in [0.29, 0.717) is 0 Å². The van der Waals surface area contributed by atoms with Gasteiger partial charge in [-0.1, -0.05) is 34.1 Å². The van der Waals surface area contributed by atoms with Crippen molar-refractivity contribution in [2.45, 2.75) is 10.6 Å². The van der Waals surface area contributed by atoms with Gasteiger partial charge in [-0.2, -0.15) is 0 Å². The first kappa shape index (κ1) is 14.0. The molecule has 0 aromatic heterocycles. The number of carbonyl (C=O) groups is 1. The predicted molar refractivity (Wildman–Crippen MR) is 81.5 cm³/mol. The second kappa shape index (κ2) is 6.12. The average Bonchev–Trinajstić information content (AvgIpc) is 2.39. The third kappa shape index (κ3) is 3.52. The van der Waals surface area contributed by atoms with Crippen molar-refractivity contribution in [3.8, 4) is 0 Å². The lowest BCUT2D eigenvalue weighted by Gasteiger charge is -2.07. The van der Waals surface area contributed by atoms with E-state index in [9.17, 15) is 4.79 Å². The van der Waals surface area contributed by atoms with Crippen molar-refractivity contribution in [1.82, 2.24) is 0 Å². The fraction of sp³-hybridized carbons (Fsp3) is 0.0714. The van der Waals surface area contributed by atoms with Crippen LogP contribution in [0.4, 0.5) is 5.69 Å². The van der Waals surface area contributed by atoms with E-state index in [4.69, 9.17) is 10.8 Å². The Morgan fingerprint density at radius 3 is 2.63 bits per heavy atom. The van der Waals surface area contributed by atoms with E-state index in [-0.39, 0.29) is 5.56 Å². The summed E-state index contributed by atoms with van der Waals surface area (Å²) in [5.41, 5.74) is 7.95. The van der Waals surface area contributed by atoms with Gasteiger partial charge in [-0.25, -0.2) is 4.79 Å². The number of anilines is 1. The van der Waals surface area contributed by atoms with Gasteiger partial charge in [0.15, 0.2) is 0 Å². The monoisotopic (exact) mass is 337 g/mol. The Morgan fingerprint density at radius 2 is 2.00 bits per heavy atom. The minimum atomic E-state index is -0.924. The third-order valence-corrected chi connectivity index (χ3v) is 4.48. The summed E-state index contributed by atoms with van der Waals surface area (Å²) in [6.45, 7) is 0. The number of rotatable bonds is 4. The van der Waals surface area contributed by atoms with Crippen molar-refractivity contribution in [2.75, 3.05) is 5.73 Å². The number of para-hydroxylation sites is 1. The Bertz CT molecular complexity index is 616. The molecular formula is C14H12BrNO2S. The second-order valence-corrected chi connectivity index (χ2v) is 5.81. The van der Waals surface area contributed by atoms with Gasteiger partial charge < -0.3 is 10.8 Å². The average molecular weight is 338 g/mol. The van der Waals surface area contributed by atoms with Crippen LogP contribution in [0.2, 0.25) is 0 Å². The minimum absolute atomic E-state index is 0.278. The fourth-order valence-electron chi connectivity index (χ4n) is 1.56. The highest BCUT2D eigenvalue weighted by molar-refractivity contribution is 9.10. The molecule has 0 saturated heterocycles. The number of hydrogen-bond donors (Lipinski definition) is 2. The van der Waals surface area contributed by atoms with Gasteiger partial charge in [-0.15, -0.1) is 11.8 Å². The molecule has 0 unspecified atom stereocenters. The molecule has 0 bridgehead atoms. The highest BCUT2D eigenvalue weighted by Crippen LogP contribution is 2.30. The van der Waals surface area contributed by atoms with E-state index in [1.165, 1.54) is 0 Å². The van der Waals surface area contributed by atoms with Gasteiger partial charge in [0.05, 0.1) is 5.56 Å². The summed E-state index contributed by atoms with van der Waals surface area (Å²) in [6.07, 6.45) is 0. The van der Waals surface area contributed by atoms with Crippen molar-refractivity contribution >= 4 is 39.3 Å². The maximum Gasteiger partial charge on any atom is 0.335 e. The van der Waals surface area contributed by atoms with Crippen LogP contribution < -0.4 is 5.73 Å². The molecule has 0 atom stereocenters. The van der Waals surface area contributed by atoms with Crippen molar-refractivity contribution in [3.05, 3.63) is 58.1 Å². The van der Waals surface area contributed by atoms with Gasteiger partial charge in [-0.3, -0.25) is 0 Å². The Kier molecular flexibility index (Phi) is 4.50. The zero-order valence-electron chi connectivity index (χ0n) is 9.97. The van der Waals surface area contributed by atoms with Crippen LogP contribution in [0.1, 0.15) is 15.9 Å². The Balaban J connectivity index is 2.12. The molecule has 2 aromatic rings. The molecule has 0 aliphatic heterocycles. The number of aromatic carboxylic acids is 1. The summed E-state index contributed by atoms with van der Waals surface area (Å²) in [5, 5.41) is 8.90. The molecule has 0 heterocycles. The molecule has 2 aromatic carbocycles. The summed E-state index contributed by atoms with van der Waals surface area (Å²) >= 11 is 5.03. The summed E-state index contributed by atoms with van der Waals surface area (Å²) in [7, 11) is 0. The number of halogens is 1. The number of nitrogens with two attached hydrogens (primary N) is 1. The molecule has 98 valence electrons. The van der Waals surface area contributed by atoms with Gasteiger partial charge in [0.2, 0.25) is 0 Å². The van der Waals surface area contributed by atoms with Crippen LogP contribution in [-0.4, -0.2) is 11.1 Å². The number of benzene rings is 2. The molecule has 19 heavy (non-hydrogen) atoms. The molecule has 3 N–H and O–H groups in total. The molecule has 3 nitrogen and oxygen atoms in total. The molecule has 0 amide bonds. The highest BCUT2D eigenvalue weighted by atomic mass is 79.9. The lowest BCUT2D eigenvalue weighted by molar-refractivity contribution is 0.0697. The van der Waals surface area contributed by atoms with E-state index in [1.54, 1.807) is 23.9 Å². The zero-order valence-corrected chi connectivity index (χ0v) is 12.4. The van der Waals surface area contributed by atoms with E-state index in [1.807, 2.05) is 30.3 Å². The van der Waals surface area contributed by atoms with Gasteiger partial charge in [0.25, 0.3) is 0 Å². The number of carboxylic acids is 1. The molecule has 0 saturated carbocycles. The van der Waals surface area contributed by atoms with E-state index < -0.39 is 5.97 Å². The molecule has 0 aliphatic carbocycles. The Morgan fingerprint density at radius 1 is 1.26 bits per heavy atom. The first-order valence-electron chi connectivity index (χ1n) is 5.57. The molecular weight excluding hydrogens is 326 g/mol. The third-order valence-electron chi connectivity index (χ3n) is 2.60. The van der Waals surface area contributed by atoms with Crippen LogP contribution >= 0.6 is 27.7 Å². The van der Waals surface area contributed by atoms with Crippen molar-refractivity contribution in [2.24, 2.45) is 0 Å². The second-order valence-electron chi connectivity index (χ2n) is 3.94. The van der Waals surface area contributed by atoms with Gasteiger partial charge in [-0.05, 0) is 29.8 Å². The lowest BCUT2D eigenvalue weighted by atomic mass is 10.1. The Labute approximate surface area is 124 Å². The van der Waals surface area contributed by atoms with Crippen LogP contribution in [0.25, 0.3) is 0 Å². The molecule has 0 radical (unpaired) electrons. The topological polar surface area (TPSA) is 63.3 Å². The molecule has 2 rings (SSSR count). The normalized spacial score (nSPS) is 10.4. The lowest BCUT2D eigenvalue weighted by Crippen LogP contribution is -1.97. The minimum Gasteiger partial charge on any atom is -0.478 e. The summed E-state index contributed by atoms with van der Waals surface area (Å²) < 4.78 is 0.800. The van der Waals surface area contributed by atoms with Crippen LogP contribution in [0.3, 0.4) is 0 Å². The van der Waals surface area contributed by atoms with Gasteiger partial charge in [0.1, 0.15) is 0 Å². The number of hydrogen-bond acceptors (Lipinski definition) is 3. The first-order chi connectivity index (χ1) is 9.08. The van der Waals surface area contributed by atoms with Crippen LogP contribution in [-0.2, 0) is 5.75 Å². The largest absolute Gasteiger partial charge is 0.478 e. The summed E-state index contributed by atoms with van der Waals surface area (Å²) in [5.74, 6) is -0.193. The van der Waals surface area contributed by atoms with E-state index >= 15 is 0 Å². The SMILES string of the molecule is Nc1ccccc1SCc1ccc(C(=O)O)cc1Br. The van der Waals surface area contributed by atoms with Crippen molar-refractivity contribution in [3.63, 3.8) is 0 Å².